The SMILES string of the molecule is CC.CC.Cc1cn(-c2ccc(Cc3nc4cc(NC5CCC(N)C5)c(Cl)cc4c(=O)[nH]3)cn2)nc1C. The summed E-state index contributed by atoms with van der Waals surface area (Å²) in [5.74, 6) is 1.32. The number of pyridine rings is 1. The molecule has 0 saturated heterocycles. The second-order valence-corrected chi connectivity index (χ2v) is 9.23. The molecule has 0 aliphatic heterocycles. The number of fused-ring (bicyclic) bond motifs is 1. The van der Waals surface area contributed by atoms with Crippen molar-refractivity contribution in [1.29, 1.82) is 0 Å². The van der Waals surface area contributed by atoms with Crippen molar-refractivity contribution >= 4 is 28.2 Å². The number of hydrogen-bond acceptors (Lipinski definition) is 6. The number of aryl methyl sites for hydroxylation is 2. The molecule has 2 atom stereocenters. The molecule has 3 heterocycles. The first-order valence-electron chi connectivity index (χ1n) is 13.1. The molecule has 2 unspecified atom stereocenters. The van der Waals surface area contributed by atoms with Gasteiger partial charge in [-0.15, -0.1) is 0 Å². The largest absolute Gasteiger partial charge is 0.381 e. The molecule has 4 N–H and O–H groups in total. The maximum atomic E-state index is 12.7. The molecule has 0 amide bonds. The molecule has 1 aliphatic carbocycles. The van der Waals surface area contributed by atoms with Crippen molar-refractivity contribution in [2.75, 3.05) is 5.32 Å². The lowest BCUT2D eigenvalue weighted by atomic mass is 10.1. The van der Waals surface area contributed by atoms with E-state index < -0.39 is 0 Å². The molecule has 0 spiro atoms. The monoisotopic (exact) mass is 523 g/mol. The van der Waals surface area contributed by atoms with Crippen LogP contribution in [0.1, 0.15) is 69.6 Å². The third-order valence-electron chi connectivity index (χ3n) is 6.24. The molecule has 1 aromatic carbocycles. The number of H-pyrrole nitrogens is 1. The Kier molecular flexibility index (Phi) is 9.83. The van der Waals surface area contributed by atoms with Crippen molar-refractivity contribution in [2.24, 2.45) is 5.73 Å². The minimum Gasteiger partial charge on any atom is -0.381 e. The number of hydrogen-bond donors (Lipinski definition) is 3. The number of benzene rings is 1. The lowest BCUT2D eigenvalue weighted by Crippen LogP contribution is -2.21. The average molecular weight is 524 g/mol. The van der Waals surface area contributed by atoms with E-state index in [2.05, 4.69) is 20.4 Å². The zero-order chi connectivity index (χ0) is 27.1. The molecule has 1 saturated carbocycles. The summed E-state index contributed by atoms with van der Waals surface area (Å²) >= 11 is 6.45. The van der Waals surface area contributed by atoms with Crippen molar-refractivity contribution in [1.82, 2.24) is 24.7 Å². The van der Waals surface area contributed by atoms with Crippen LogP contribution in [-0.2, 0) is 6.42 Å². The number of anilines is 1. The Hall–Kier alpha value is -3.23. The molecule has 0 bridgehead atoms. The van der Waals surface area contributed by atoms with Crippen LogP contribution in [0.4, 0.5) is 5.69 Å². The van der Waals surface area contributed by atoms with Crippen LogP contribution in [-0.4, -0.2) is 36.8 Å². The van der Waals surface area contributed by atoms with Gasteiger partial charge in [-0.05, 0) is 62.4 Å². The van der Waals surface area contributed by atoms with E-state index in [9.17, 15) is 4.79 Å². The first-order chi connectivity index (χ1) is 17.9. The standard InChI is InChI=1S/C24H26ClN7O.2C2H6/c1-13-12-32(31-14(13)2)23-6-3-15(11-27-23)7-22-29-20-10-21(28-17-5-4-16(26)8-17)19(25)9-18(20)24(33)30-22;2*1-2/h3,6,9-12,16-17,28H,4-5,7-8,26H2,1-2H3,(H,29,30,33);2*1-2H3. The maximum absolute atomic E-state index is 12.7. The number of aromatic amines is 1. The van der Waals surface area contributed by atoms with Gasteiger partial charge in [0, 0.05) is 30.9 Å². The molecule has 3 aromatic heterocycles. The van der Waals surface area contributed by atoms with Crippen LogP contribution < -0.4 is 16.6 Å². The Balaban J connectivity index is 0.000000907. The highest BCUT2D eigenvalue weighted by atomic mass is 35.5. The third-order valence-corrected chi connectivity index (χ3v) is 6.55. The van der Waals surface area contributed by atoms with E-state index in [-0.39, 0.29) is 17.6 Å². The van der Waals surface area contributed by atoms with E-state index >= 15 is 0 Å². The highest BCUT2D eigenvalue weighted by molar-refractivity contribution is 6.34. The molecule has 5 rings (SSSR count). The predicted octanol–water partition coefficient (Wildman–Crippen LogP) is 5.71. The molecular formula is C28H38ClN7O. The van der Waals surface area contributed by atoms with Crippen LogP contribution in [0.3, 0.4) is 0 Å². The van der Waals surface area contributed by atoms with Gasteiger partial charge >= 0.3 is 0 Å². The Morgan fingerprint density at radius 1 is 1.16 bits per heavy atom. The van der Waals surface area contributed by atoms with Gasteiger partial charge in [0.25, 0.3) is 5.56 Å². The summed E-state index contributed by atoms with van der Waals surface area (Å²) < 4.78 is 1.76. The van der Waals surface area contributed by atoms with Gasteiger partial charge in [0.2, 0.25) is 0 Å². The third kappa shape index (κ3) is 6.76. The highest BCUT2D eigenvalue weighted by Crippen LogP contribution is 2.29. The Morgan fingerprint density at radius 2 is 1.92 bits per heavy atom. The van der Waals surface area contributed by atoms with E-state index in [0.717, 1.165) is 47.6 Å². The zero-order valence-electron chi connectivity index (χ0n) is 22.6. The van der Waals surface area contributed by atoms with E-state index in [1.807, 2.05) is 65.9 Å². The van der Waals surface area contributed by atoms with Gasteiger partial charge < -0.3 is 16.0 Å². The van der Waals surface area contributed by atoms with Crippen LogP contribution in [0.2, 0.25) is 5.02 Å². The lowest BCUT2D eigenvalue weighted by molar-refractivity contribution is 0.688. The second kappa shape index (κ2) is 12.8. The lowest BCUT2D eigenvalue weighted by Gasteiger charge is -2.16. The zero-order valence-corrected chi connectivity index (χ0v) is 23.4. The number of nitrogens with two attached hydrogens (primary N) is 1. The van der Waals surface area contributed by atoms with Crippen molar-refractivity contribution in [2.45, 2.75) is 79.3 Å². The van der Waals surface area contributed by atoms with Gasteiger partial charge in [-0.3, -0.25) is 4.79 Å². The van der Waals surface area contributed by atoms with E-state index in [4.69, 9.17) is 22.3 Å². The van der Waals surface area contributed by atoms with Gasteiger partial charge in [0.1, 0.15) is 5.82 Å². The van der Waals surface area contributed by atoms with Gasteiger partial charge in [0.15, 0.2) is 5.82 Å². The Bertz CT molecular complexity index is 1360. The molecule has 198 valence electrons. The summed E-state index contributed by atoms with van der Waals surface area (Å²) in [7, 11) is 0. The van der Waals surface area contributed by atoms with Crippen LogP contribution in [0.15, 0.2) is 41.5 Å². The van der Waals surface area contributed by atoms with Crippen LogP contribution in [0.25, 0.3) is 16.7 Å². The summed E-state index contributed by atoms with van der Waals surface area (Å²) in [6, 6.07) is 7.91. The van der Waals surface area contributed by atoms with Crippen molar-refractivity contribution < 1.29 is 0 Å². The summed E-state index contributed by atoms with van der Waals surface area (Å²) in [4.78, 5) is 24.8. The smallest absolute Gasteiger partial charge is 0.258 e. The van der Waals surface area contributed by atoms with Crippen molar-refractivity contribution in [3.63, 3.8) is 0 Å². The molecule has 1 aliphatic rings. The van der Waals surface area contributed by atoms with Gasteiger partial charge in [-0.25, -0.2) is 14.6 Å². The molecule has 1 fully saturated rings. The molecular weight excluding hydrogens is 486 g/mol. The van der Waals surface area contributed by atoms with Gasteiger partial charge in [-0.1, -0.05) is 45.4 Å². The normalized spacial score (nSPS) is 16.5. The summed E-state index contributed by atoms with van der Waals surface area (Å²) in [6.07, 6.45) is 7.10. The van der Waals surface area contributed by atoms with E-state index in [1.54, 1.807) is 16.9 Å². The summed E-state index contributed by atoms with van der Waals surface area (Å²) in [6.45, 7) is 12.0. The predicted molar refractivity (Wildman–Crippen MR) is 153 cm³/mol. The first kappa shape index (κ1) is 28.3. The average Bonchev–Trinajstić information content (AvgIpc) is 3.47. The molecule has 0 radical (unpaired) electrons. The van der Waals surface area contributed by atoms with Crippen LogP contribution >= 0.6 is 11.6 Å². The molecule has 8 nitrogen and oxygen atoms in total. The van der Waals surface area contributed by atoms with Crippen LogP contribution in [0.5, 0.6) is 0 Å². The first-order valence-corrected chi connectivity index (χ1v) is 13.5. The maximum Gasteiger partial charge on any atom is 0.258 e. The number of nitrogens with one attached hydrogen (secondary N) is 2. The van der Waals surface area contributed by atoms with Gasteiger partial charge in [0.05, 0.1) is 27.3 Å². The molecule has 37 heavy (non-hydrogen) atoms. The number of aromatic nitrogens is 5. The summed E-state index contributed by atoms with van der Waals surface area (Å²) in [5.41, 5.74) is 10.2. The fourth-order valence-corrected chi connectivity index (χ4v) is 4.50. The quantitative estimate of drug-likeness (QED) is 0.308. The Morgan fingerprint density at radius 3 is 2.51 bits per heavy atom. The summed E-state index contributed by atoms with van der Waals surface area (Å²) in [5, 5.41) is 8.91. The van der Waals surface area contributed by atoms with Crippen molar-refractivity contribution in [3.8, 4) is 5.82 Å². The fourth-order valence-electron chi connectivity index (χ4n) is 4.28. The molecule has 9 heteroatoms. The number of rotatable bonds is 5. The number of halogens is 1. The fraction of sp³-hybridized carbons (Fsp3) is 0.429. The van der Waals surface area contributed by atoms with Crippen LogP contribution in [0, 0.1) is 13.8 Å². The second-order valence-electron chi connectivity index (χ2n) is 8.82. The Labute approximate surface area is 223 Å². The van der Waals surface area contributed by atoms with E-state index in [1.165, 1.54) is 0 Å². The molecule has 4 aromatic rings. The van der Waals surface area contributed by atoms with Gasteiger partial charge in [-0.2, -0.15) is 5.10 Å². The van der Waals surface area contributed by atoms with E-state index in [0.29, 0.717) is 28.2 Å². The minimum atomic E-state index is -0.210. The van der Waals surface area contributed by atoms with Crippen molar-refractivity contribution in [3.05, 3.63) is 74.7 Å². The number of nitrogens with zero attached hydrogens (tertiary/aromatic N) is 4. The minimum absolute atomic E-state index is 0.210. The topological polar surface area (TPSA) is 115 Å². The highest BCUT2D eigenvalue weighted by Gasteiger charge is 2.22.